The van der Waals surface area contributed by atoms with Crippen molar-refractivity contribution in [1.82, 2.24) is 10.2 Å². The Morgan fingerprint density at radius 2 is 2.00 bits per heavy atom. The van der Waals surface area contributed by atoms with Crippen LogP contribution in [-0.4, -0.2) is 37.7 Å². The maximum atomic E-state index is 5.34. The lowest BCUT2D eigenvalue weighted by Crippen LogP contribution is -2.39. The fraction of sp³-hybridized carbons (Fsp3) is 0.647. The minimum atomic E-state index is 0.351. The average molecular weight is 278 g/mol. The van der Waals surface area contributed by atoms with Gasteiger partial charge in [-0.05, 0) is 51.1 Å². The van der Waals surface area contributed by atoms with Crippen LogP contribution in [0.15, 0.2) is 24.3 Å². The van der Waals surface area contributed by atoms with Crippen LogP contribution in [0.5, 0.6) is 5.75 Å². The summed E-state index contributed by atoms with van der Waals surface area (Å²) in [4.78, 5) is 2.53. The number of methoxy groups -OCH3 is 1. The molecule has 0 aliphatic carbocycles. The van der Waals surface area contributed by atoms with E-state index in [0.717, 1.165) is 25.4 Å². The summed E-state index contributed by atoms with van der Waals surface area (Å²) in [6, 6.07) is 9.31. The van der Waals surface area contributed by atoms with Gasteiger partial charge in [-0.15, -0.1) is 0 Å². The third-order valence-corrected chi connectivity index (χ3v) is 3.60. The molecule has 0 aromatic heterocycles. The standard InChI is InChI=1S/C17H30N2O/c1-6-11-19(14(3)4)13-17(18-7-2)15-9-8-10-16(12-15)20-5/h8-10,12,14,17-18H,6-7,11,13H2,1-5H3. The van der Waals surface area contributed by atoms with Crippen molar-refractivity contribution in [1.29, 1.82) is 0 Å². The van der Waals surface area contributed by atoms with E-state index in [4.69, 9.17) is 4.74 Å². The quantitative estimate of drug-likeness (QED) is 0.748. The number of nitrogens with one attached hydrogen (secondary N) is 1. The maximum Gasteiger partial charge on any atom is 0.119 e. The van der Waals surface area contributed by atoms with Gasteiger partial charge in [-0.25, -0.2) is 0 Å². The molecule has 0 spiro atoms. The van der Waals surface area contributed by atoms with E-state index in [9.17, 15) is 0 Å². The third-order valence-electron chi connectivity index (χ3n) is 3.60. The second kappa shape index (κ2) is 8.98. The summed E-state index contributed by atoms with van der Waals surface area (Å²) >= 11 is 0. The van der Waals surface area contributed by atoms with Gasteiger partial charge in [0.15, 0.2) is 0 Å². The van der Waals surface area contributed by atoms with Crippen molar-refractivity contribution >= 4 is 0 Å². The van der Waals surface area contributed by atoms with Gasteiger partial charge in [0.1, 0.15) is 5.75 Å². The van der Waals surface area contributed by atoms with Crippen LogP contribution in [0.4, 0.5) is 0 Å². The Labute approximate surface area is 124 Å². The van der Waals surface area contributed by atoms with E-state index in [-0.39, 0.29) is 0 Å². The van der Waals surface area contributed by atoms with E-state index in [0.29, 0.717) is 12.1 Å². The van der Waals surface area contributed by atoms with Gasteiger partial charge in [0.05, 0.1) is 7.11 Å². The van der Waals surface area contributed by atoms with Gasteiger partial charge < -0.3 is 10.1 Å². The van der Waals surface area contributed by atoms with E-state index in [2.05, 4.69) is 56.1 Å². The van der Waals surface area contributed by atoms with Crippen LogP contribution in [0.2, 0.25) is 0 Å². The van der Waals surface area contributed by atoms with Crippen LogP contribution in [0, 0.1) is 0 Å². The Hall–Kier alpha value is -1.06. The summed E-state index contributed by atoms with van der Waals surface area (Å²) in [5, 5.41) is 3.60. The summed E-state index contributed by atoms with van der Waals surface area (Å²) in [5.41, 5.74) is 1.30. The van der Waals surface area contributed by atoms with E-state index in [1.807, 2.05) is 6.07 Å². The maximum absolute atomic E-state index is 5.34. The summed E-state index contributed by atoms with van der Waals surface area (Å²) in [5.74, 6) is 0.928. The molecule has 114 valence electrons. The van der Waals surface area contributed by atoms with Crippen molar-refractivity contribution in [3.8, 4) is 5.75 Å². The molecule has 0 fully saturated rings. The van der Waals surface area contributed by atoms with E-state index in [1.54, 1.807) is 7.11 Å². The van der Waals surface area contributed by atoms with E-state index >= 15 is 0 Å². The monoisotopic (exact) mass is 278 g/mol. The van der Waals surface area contributed by atoms with Crippen LogP contribution < -0.4 is 10.1 Å². The Bertz CT molecular complexity index is 379. The third kappa shape index (κ3) is 5.14. The van der Waals surface area contributed by atoms with Crippen LogP contribution in [0.3, 0.4) is 0 Å². The largest absolute Gasteiger partial charge is 0.497 e. The molecule has 0 aliphatic rings. The smallest absolute Gasteiger partial charge is 0.119 e. The molecular weight excluding hydrogens is 248 g/mol. The van der Waals surface area contributed by atoms with Crippen LogP contribution in [-0.2, 0) is 0 Å². The molecule has 0 saturated carbocycles. The van der Waals surface area contributed by atoms with Gasteiger partial charge >= 0.3 is 0 Å². The molecule has 0 bridgehead atoms. The number of likely N-dealkylation sites (N-methyl/N-ethyl adjacent to an activating group) is 1. The van der Waals surface area contributed by atoms with Crippen molar-refractivity contribution in [3.63, 3.8) is 0 Å². The van der Waals surface area contributed by atoms with Crippen molar-refractivity contribution in [3.05, 3.63) is 29.8 Å². The van der Waals surface area contributed by atoms with E-state index < -0.39 is 0 Å². The summed E-state index contributed by atoms with van der Waals surface area (Å²) < 4.78 is 5.34. The number of rotatable bonds is 9. The first-order valence-electron chi connectivity index (χ1n) is 7.73. The van der Waals surface area contributed by atoms with Crippen LogP contribution >= 0.6 is 0 Å². The first kappa shape index (κ1) is 17.0. The zero-order valence-corrected chi connectivity index (χ0v) is 13.6. The minimum Gasteiger partial charge on any atom is -0.497 e. The average Bonchev–Trinajstić information content (AvgIpc) is 2.46. The van der Waals surface area contributed by atoms with Gasteiger partial charge in [-0.3, -0.25) is 4.90 Å². The SMILES string of the molecule is CCCN(CC(NCC)c1cccc(OC)c1)C(C)C. The first-order chi connectivity index (χ1) is 9.62. The van der Waals surface area contributed by atoms with Crippen LogP contribution in [0.25, 0.3) is 0 Å². The van der Waals surface area contributed by atoms with Gasteiger partial charge in [-0.2, -0.15) is 0 Å². The highest BCUT2D eigenvalue weighted by Crippen LogP contribution is 2.21. The van der Waals surface area contributed by atoms with Gasteiger partial charge in [0, 0.05) is 18.6 Å². The normalized spacial score (nSPS) is 12.9. The molecular formula is C17H30N2O. The minimum absolute atomic E-state index is 0.351. The molecule has 3 heteroatoms. The first-order valence-corrected chi connectivity index (χ1v) is 7.73. The fourth-order valence-electron chi connectivity index (χ4n) is 2.47. The number of hydrogen-bond donors (Lipinski definition) is 1. The molecule has 0 aliphatic heterocycles. The number of ether oxygens (including phenoxy) is 1. The lowest BCUT2D eigenvalue weighted by molar-refractivity contribution is 0.198. The molecule has 1 aromatic carbocycles. The van der Waals surface area contributed by atoms with Crippen LogP contribution in [0.1, 0.15) is 45.7 Å². The highest BCUT2D eigenvalue weighted by molar-refractivity contribution is 5.30. The van der Waals surface area contributed by atoms with Gasteiger partial charge in [0.25, 0.3) is 0 Å². The molecule has 0 saturated heterocycles. The topological polar surface area (TPSA) is 24.5 Å². The van der Waals surface area contributed by atoms with Crippen molar-refractivity contribution in [2.45, 2.75) is 46.2 Å². The molecule has 1 atom stereocenters. The van der Waals surface area contributed by atoms with E-state index in [1.165, 1.54) is 12.0 Å². The van der Waals surface area contributed by atoms with Crippen molar-refractivity contribution in [2.24, 2.45) is 0 Å². The second-order valence-corrected chi connectivity index (χ2v) is 5.48. The molecule has 0 amide bonds. The zero-order valence-electron chi connectivity index (χ0n) is 13.6. The summed E-state index contributed by atoms with van der Waals surface area (Å²) in [6.07, 6.45) is 1.19. The molecule has 1 aromatic rings. The Kier molecular flexibility index (Phi) is 7.63. The molecule has 20 heavy (non-hydrogen) atoms. The molecule has 1 rings (SSSR count). The Balaban J connectivity index is 2.85. The summed E-state index contributed by atoms with van der Waals surface area (Å²) in [7, 11) is 1.72. The lowest BCUT2D eigenvalue weighted by atomic mass is 10.0. The zero-order chi connectivity index (χ0) is 15.0. The molecule has 0 radical (unpaired) electrons. The highest BCUT2D eigenvalue weighted by Gasteiger charge is 2.17. The molecule has 1 unspecified atom stereocenters. The Morgan fingerprint density at radius 1 is 1.25 bits per heavy atom. The van der Waals surface area contributed by atoms with Gasteiger partial charge in [0.2, 0.25) is 0 Å². The second-order valence-electron chi connectivity index (χ2n) is 5.48. The number of hydrogen-bond acceptors (Lipinski definition) is 3. The predicted molar refractivity (Wildman–Crippen MR) is 86.4 cm³/mol. The highest BCUT2D eigenvalue weighted by atomic mass is 16.5. The van der Waals surface area contributed by atoms with Crippen molar-refractivity contribution < 1.29 is 4.74 Å². The number of benzene rings is 1. The van der Waals surface area contributed by atoms with Gasteiger partial charge in [-0.1, -0.05) is 26.0 Å². The van der Waals surface area contributed by atoms with Crippen molar-refractivity contribution in [2.75, 3.05) is 26.7 Å². The predicted octanol–water partition coefficient (Wildman–Crippen LogP) is 3.47. The molecule has 0 heterocycles. The summed E-state index contributed by atoms with van der Waals surface area (Å²) in [6.45, 7) is 12.1. The Morgan fingerprint density at radius 3 is 2.55 bits per heavy atom. The fourth-order valence-corrected chi connectivity index (χ4v) is 2.47. The molecule has 3 nitrogen and oxygen atoms in total. The molecule has 1 N–H and O–H groups in total. The number of nitrogens with zero attached hydrogens (tertiary/aromatic N) is 1. The lowest BCUT2D eigenvalue weighted by Gasteiger charge is -2.31.